The average Bonchev–Trinajstić information content (AvgIpc) is 3.14. The molecule has 0 aliphatic heterocycles. The van der Waals surface area contributed by atoms with Gasteiger partial charge in [0.2, 0.25) is 0 Å². The van der Waals surface area contributed by atoms with E-state index in [1.807, 2.05) is 0 Å². The van der Waals surface area contributed by atoms with E-state index < -0.39 is 35.6 Å². The fourth-order valence-corrected chi connectivity index (χ4v) is 8.10. The maximum atomic E-state index is 12.1. The van der Waals surface area contributed by atoms with Gasteiger partial charge in [-0.15, -0.1) is 0 Å². The molecule has 0 aromatic carbocycles. The molecule has 314 valence electrons. The van der Waals surface area contributed by atoms with Crippen LogP contribution in [0.3, 0.4) is 0 Å². The zero-order chi connectivity index (χ0) is 38.8. The maximum Gasteiger partial charge on any atom is 0.119 e. The summed E-state index contributed by atoms with van der Waals surface area (Å²) in [4.78, 5) is 0. The maximum absolute atomic E-state index is 12.1. The molecule has 0 aliphatic carbocycles. The van der Waals surface area contributed by atoms with Crippen LogP contribution in [0.25, 0.3) is 0 Å². The average molecular weight is 743 g/mol. The molecule has 6 N–H and O–H groups in total. The lowest BCUT2D eigenvalue weighted by atomic mass is 9.73. The third-order valence-corrected chi connectivity index (χ3v) is 12.0. The smallest absolute Gasteiger partial charge is 0.119 e. The van der Waals surface area contributed by atoms with Crippen LogP contribution in [-0.4, -0.2) is 66.3 Å². The van der Waals surface area contributed by atoms with Crippen molar-refractivity contribution in [1.29, 1.82) is 0 Å². The molecule has 0 fully saturated rings. The number of rotatable bonds is 41. The number of aliphatic hydroxyl groups is 6. The monoisotopic (exact) mass is 743 g/mol. The highest BCUT2D eigenvalue weighted by Gasteiger charge is 2.53. The van der Waals surface area contributed by atoms with Crippen molar-refractivity contribution in [2.75, 3.05) is 0 Å². The van der Waals surface area contributed by atoms with Crippen molar-refractivity contribution in [1.82, 2.24) is 0 Å². The third kappa shape index (κ3) is 24.3. The van der Waals surface area contributed by atoms with Gasteiger partial charge in [-0.25, -0.2) is 0 Å². The third-order valence-electron chi connectivity index (χ3n) is 12.0. The van der Waals surface area contributed by atoms with Crippen molar-refractivity contribution in [3.8, 4) is 0 Å². The van der Waals surface area contributed by atoms with Gasteiger partial charge in [0.15, 0.2) is 0 Å². The normalized spacial score (nSPS) is 16.7. The second-order valence-electron chi connectivity index (χ2n) is 16.9. The summed E-state index contributed by atoms with van der Waals surface area (Å²) in [5.74, 6) is 0. The van der Waals surface area contributed by atoms with Crippen LogP contribution in [-0.2, 0) is 0 Å². The predicted octanol–water partition coefficient (Wildman–Crippen LogP) is 12.0. The van der Waals surface area contributed by atoms with Crippen LogP contribution in [0, 0.1) is 0 Å². The van der Waals surface area contributed by atoms with Gasteiger partial charge in [0.25, 0.3) is 0 Å². The Morgan fingerprint density at radius 1 is 0.288 bits per heavy atom. The van der Waals surface area contributed by atoms with E-state index in [-0.39, 0.29) is 12.8 Å². The summed E-state index contributed by atoms with van der Waals surface area (Å²) in [6.45, 7) is 8.87. The lowest BCUT2D eigenvalue weighted by Gasteiger charge is -2.46. The first-order chi connectivity index (χ1) is 25.1. The fourth-order valence-electron chi connectivity index (χ4n) is 8.10. The first kappa shape index (κ1) is 51.8. The highest BCUT2D eigenvalue weighted by molar-refractivity contribution is 5.05. The van der Waals surface area contributed by atoms with Crippen LogP contribution in [0.2, 0.25) is 0 Å². The molecule has 0 amide bonds. The van der Waals surface area contributed by atoms with Gasteiger partial charge in [0, 0.05) is 0 Å². The fraction of sp³-hybridized carbons (Fsp3) is 1.00. The molecule has 2 unspecified atom stereocenters. The molecule has 0 radical (unpaired) electrons. The molecule has 0 saturated heterocycles. The first-order valence-electron chi connectivity index (χ1n) is 23.3. The Kier molecular flexibility index (Phi) is 35.0. The molecule has 0 aromatic rings. The Balaban J connectivity index is 5.67. The quantitative estimate of drug-likeness (QED) is 0.0347. The molecular formula is C46H94O6. The van der Waals surface area contributed by atoms with Crippen LogP contribution in [0.1, 0.15) is 259 Å². The van der Waals surface area contributed by atoms with Gasteiger partial charge in [0.1, 0.15) is 23.4 Å². The molecule has 0 heterocycles. The highest BCUT2D eigenvalue weighted by atomic mass is 16.4. The number of hydrogen-bond donors (Lipinski definition) is 6. The van der Waals surface area contributed by atoms with E-state index in [2.05, 4.69) is 27.7 Å². The molecule has 0 saturated carbocycles. The zero-order valence-electron chi connectivity index (χ0n) is 35.4. The van der Waals surface area contributed by atoms with Crippen LogP contribution < -0.4 is 0 Å². The van der Waals surface area contributed by atoms with E-state index in [0.717, 1.165) is 77.0 Å². The molecule has 0 aliphatic rings. The SMILES string of the molecule is CCCCCCCCCCC(O)[C@](O)(CCCCCCCCCC)[C@@H](O)[C@H](O)[C@@](O)(CCCCCCCCCC)C(O)CCCCCCCCCC. The van der Waals surface area contributed by atoms with E-state index in [1.54, 1.807) is 0 Å². The minimum absolute atomic E-state index is 0.153. The first-order valence-corrected chi connectivity index (χ1v) is 23.3. The van der Waals surface area contributed by atoms with Crippen molar-refractivity contribution < 1.29 is 30.6 Å². The van der Waals surface area contributed by atoms with Gasteiger partial charge >= 0.3 is 0 Å². The van der Waals surface area contributed by atoms with Gasteiger partial charge in [0.05, 0.1) is 12.2 Å². The van der Waals surface area contributed by atoms with Crippen LogP contribution >= 0.6 is 0 Å². The minimum atomic E-state index is -1.96. The van der Waals surface area contributed by atoms with Crippen molar-refractivity contribution in [3.05, 3.63) is 0 Å². The molecule has 6 nitrogen and oxygen atoms in total. The van der Waals surface area contributed by atoms with Crippen LogP contribution in [0.5, 0.6) is 0 Å². The van der Waals surface area contributed by atoms with E-state index in [1.165, 1.54) is 116 Å². The summed E-state index contributed by atoms with van der Waals surface area (Å²) in [7, 11) is 0. The Morgan fingerprint density at radius 3 is 0.712 bits per heavy atom. The molecule has 0 rings (SSSR count). The number of aliphatic hydroxyl groups excluding tert-OH is 4. The van der Waals surface area contributed by atoms with Crippen molar-refractivity contribution >= 4 is 0 Å². The van der Waals surface area contributed by atoms with Crippen molar-refractivity contribution in [2.24, 2.45) is 0 Å². The molecule has 0 spiro atoms. The van der Waals surface area contributed by atoms with Crippen molar-refractivity contribution in [2.45, 2.75) is 294 Å². The summed E-state index contributed by atoms with van der Waals surface area (Å²) in [5.41, 5.74) is -3.93. The summed E-state index contributed by atoms with van der Waals surface area (Å²) in [5, 5.41) is 70.9. The van der Waals surface area contributed by atoms with E-state index in [9.17, 15) is 30.6 Å². The largest absolute Gasteiger partial charge is 0.390 e. The predicted molar refractivity (Wildman–Crippen MR) is 223 cm³/mol. The van der Waals surface area contributed by atoms with E-state index in [0.29, 0.717) is 25.7 Å². The molecule has 52 heavy (non-hydrogen) atoms. The summed E-state index contributed by atoms with van der Waals surface area (Å²) in [6, 6.07) is 0. The molecule has 0 aromatic heterocycles. The van der Waals surface area contributed by atoms with Gasteiger partial charge in [-0.3, -0.25) is 0 Å². The van der Waals surface area contributed by atoms with Crippen molar-refractivity contribution in [3.63, 3.8) is 0 Å². The zero-order valence-corrected chi connectivity index (χ0v) is 35.4. The Bertz CT molecular complexity index is 676. The van der Waals surface area contributed by atoms with E-state index >= 15 is 0 Å². The summed E-state index contributed by atoms with van der Waals surface area (Å²) in [6.07, 6.45) is 30.0. The van der Waals surface area contributed by atoms with Crippen LogP contribution in [0.15, 0.2) is 0 Å². The summed E-state index contributed by atoms with van der Waals surface area (Å²) < 4.78 is 0. The second kappa shape index (κ2) is 35.2. The van der Waals surface area contributed by atoms with Gasteiger partial charge in [-0.2, -0.15) is 0 Å². The summed E-state index contributed by atoms with van der Waals surface area (Å²) >= 11 is 0. The molecule has 6 heteroatoms. The molecule has 0 bridgehead atoms. The van der Waals surface area contributed by atoms with E-state index in [4.69, 9.17) is 0 Å². The Hall–Kier alpha value is -0.240. The molecule has 6 atom stereocenters. The van der Waals surface area contributed by atoms with Gasteiger partial charge in [-0.05, 0) is 25.7 Å². The van der Waals surface area contributed by atoms with Gasteiger partial charge in [-0.1, -0.05) is 233 Å². The minimum Gasteiger partial charge on any atom is -0.390 e. The number of hydrogen-bond acceptors (Lipinski definition) is 6. The Morgan fingerprint density at radius 2 is 0.481 bits per heavy atom. The van der Waals surface area contributed by atoms with Crippen LogP contribution in [0.4, 0.5) is 0 Å². The number of unbranched alkanes of at least 4 members (excludes halogenated alkanes) is 28. The van der Waals surface area contributed by atoms with Gasteiger partial charge < -0.3 is 30.6 Å². The molecular weight excluding hydrogens is 649 g/mol. The lowest BCUT2D eigenvalue weighted by molar-refractivity contribution is -0.238. The second-order valence-corrected chi connectivity index (χ2v) is 16.9. The topological polar surface area (TPSA) is 121 Å². The lowest BCUT2D eigenvalue weighted by Crippen LogP contribution is -2.65. The highest BCUT2D eigenvalue weighted by Crippen LogP contribution is 2.36. The standard InChI is InChI=1S/C46H94O6/c1-5-9-13-17-21-25-29-33-37-41(47)45(51,39-35-31-27-23-19-15-11-7-3)43(49)44(50)46(52,40-36-32-28-24-20-16-12-8-4)42(48)38-34-30-26-22-18-14-10-6-2/h41-44,47-52H,5-40H2,1-4H3/t41?,42?,43-,44-,45+,46+/m0/s1. The Labute approximate surface area is 324 Å².